The molecule has 11 heteroatoms. The van der Waals surface area contributed by atoms with E-state index in [0.29, 0.717) is 16.3 Å². The van der Waals surface area contributed by atoms with Crippen molar-refractivity contribution in [3.05, 3.63) is 76.3 Å². The minimum Gasteiger partial charge on any atom is -0.325 e. The van der Waals surface area contributed by atoms with E-state index in [1.54, 1.807) is 24.3 Å². The van der Waals surface area contributed by atoms with E-state index in [1.165, 1.54) is 24.3 Å². The molecule has 1 aromatic heterocycles. The third-order valence-corrected chi connectivity index (χ3v) is 4.76. The number of anilines is 1. The zero-order chi connectivity index (χ0) is 21.7. The number of nitro benzene ring substituents is 1. The Morgan fingerprint density at radius 1 is 1.07 bits per heavy atom. The van der Waals surface area contributed by atoms with Crippen LogP contribution < -0.4 is 5.32 Å². The fraction of sp³-hybridized carbons (Fsp3) is 0.105. The number of hydrogen-bond donors (Lipinski definition) is 1. The summed E-state index contributed by atoms with van der Waals surface area (Å²) < 4.78 is 38.2. The third-order valence-electron chi connectivity index (χ3n) is 3.84. The maximum Gasteiger partial charge on any atom is 0.416 e. The zero-order valence-electron chi connectivity index (χ0n) is 15.1. The molecule has 0 saturated carbocycles. The largest absolute Gasteiger partial charge is 0.416 e. The summed E-state index contributed by atoms with van der Waals surface area (Å²) in [7, 11) is 0. The van der Waals surface area contributed by atoms with Crippen LogP contribution >= 0.6 is 11.8 Å². The number of hydrogen-bond acceptors (Lipinski definition) is 6. The Hall–Kier alpha value is -3.47. The van der Waals surface area contributed by atoms with Crippen LogP contribution in [-0.2, 0) is 11.0 Å². The molecule has 0 fully saturated rings. The number of non-ortho nitro benzene ring substituents is 1. The van der Waals surface area contributed by atoms with E-state index in [-0.39, 0.29) is 17.1 Å². The Balaban J connectivity index is 1.57. The fourth-order valence-electron chi connectivity index (χ4n) is 2.41. The Kier molecular flexibility index (Phi) is 6.31. The molecule has 0 unspecified atom stereocenters. The van der Waals surface area contributed by atoms with Crippen molar-refractivity contribution in [2.75, 3.05) is 11.1 Å². The van der Waals surface area contributed by atoms with Gasteiger partial charge in [-0.25, -0.2) is 0 Å². The van der Waals surface area contributed by atoms with Crippen molar-refractivity contribution < 1.29 is 22.9 Å². The molecule has 0 aliphatic carbocycles. The van der Waals surface area contributed by atoms with E-state index in [4.69, 9.17) is 0 Å². The SMILES string of the molecule is O=C(CSc1ccc(-c2ccc([N+](=O)[O-])cc2)nn1)Nc1cccc(C(F)(F)F)c1. The van der Waals surface area contributed by atoms with Crippen LogP contribution in [0.4, 0.5) is 24.5 Å². The molecule has 0 bridgehead atoms. The predicted molar refractivity (Wildman–Crippen MR) is 105 cm³/mol. The predicted octanol–water partition coefficient (Wildman–Crippen LogP) is 4.80. The maximum atomic E-state index is 12.7. The number of nitro groups is 1. The minimum atomic E-state index is -4.49. The van der Waals surface area contributed by atoms with Crippen molar-refractivity contribution in [1.29, 1.82) is 0 Å². The molecule has 1 N–H and O–H groups in total. The van der Waals surface area contributed by atoms with Gasteiger partial charge in [0.2, 0.25) is 5.91 Å². The number of nitrogens with zero attached hydrogens (tertiary/aromatic N) is 3. The van der Waals surface area contributed by atoms with Crippen LogP contribution in [0, 0.1) is 10.1 Å². The summed E-state index contributed by atoms with van der Waals surface area (Å²) in [5.41, 5.74) is 0.316. The first-order valence-corrected chi connectivity index (χ1v) is 9.39. The molecule has 2 aromatic carbocycles. The van der Waals surface area contributed by atoms with E-state index in [1.807, 2.05) is 0 Å². The fourth-order valence-corrected chi connectivity index (χ4v) is 3.03. The standard InChI is InChI=1S/C19H13F3N4O3S/c20-19(21,22)13-2-1-3-14(10-13)23-17(27)11-30-18-9-8-16(24-25-18)12-4-6-15(7-5-12)26(28)29/h1-10H,11H2,(H,23,27). The molecule has 0 aliphatic rings. The van der Waals surface area contributed by atoms with Crippen LogP contribution in [0.1, 0.15) is 5.56 Å². The average Bonchev–Trinajstić information content (AvgIpc) is 2.72. The lowest BCUT2D eigenvalue weighted by Gasteiger charge is -2.09. The molecular weight excluding hydrogens is 421 g/mol. The van der Waals surface area contributed by atoms with Crippen molar-refractivity contribution in [1.82, 2.24) is 10.2 Å². The second kappa shape index (κ2) is 8.91. The van der Waals surface area contributed by atoms with E-state index in [0.717, 1.165) is 23.9 Å². The highest BCUT2D eigenvalue weighted by Crippen LogP contribution is 2.30. The van der Waals surface area contributed by atoms with Crippen molar-refractivity contribution in [3.8, 4) is 11.3 Å². The minimum absolute atomic E-state index is 0.0364. The zero-order valence-corrected chi connectivity index (χ0v) is 15.9. The van der Waals surface area contributed by atoms with Crippen LogP contribution in [-0.4, -0.2) is 26.8 Å². The first-order chi connectivity index (χ1) is 14.2. The van der Waals surface area contributed by atoms with Gasteiger partial charge in [-0.1, -0.05) is 17.8 Å². The van der Waals surface area contributed by atoms with Crippen LogP contribution in [0.15, 0.2) is 65.7 Å². The van der Waals surface area contributed by atoms with Crippen molar-refractivity contribution in [3.63, 3.8) is 0 Å². The second-order valence-electron chi connectivity index (χ2n) is 5.98. The van der Waals surface area contributed by atoms with Crippen LogP contribution in [0.3, 0.4) is 0 Å². The van der Waals surface area contributed by atoms with Gasteiger partial charge in [0.25, 0.3) is 5.69 Å². The number of thioether (sulfide) groups is 1. The first-order valence-electron chi connectivity index (χ1n) is 8.41. The van der Waals surface area contributed by atoms with Crippen LogP contribution in [0.2, 0.25) is 0 Å². The van der Waals surface area contributed by atoms with Crippen molar-refractivity contribution in [2.45, 2.75) is 11.2 Å². The number of aromatic nitrogens is 2. The molecule has 1 amide bonds. The molecule has 0 radical (unpaired) electrons. The molecule has 0 aliphatic heterocycles. The molecule has 3 rings (SSSR count). The number of carbonyl (C=O) groups excluding carboxylic acids is 1. The molecular formula is C19H13F3N4O3S. The lowest BCUT2D eigenvalue weighted by Crippen LogP contribution is -2.15. The highest BCUT2D eigenvalue weighted by atomic mass is 32.2. The molecule has 3 aromatic rings. The molecule has 0 atom stereocenters. The van der Waals surface area contributed by atoms with E-state index >= 15 is 0 Å². The quantitative estimate of drug-likeness (QED) is 0.340. The second-order valence-corrected chi connectivity index (χ2v) is 6.97. The molecule has 154 valence electrons. The van der Waals surface area contributed by atoms with Gasteiger partial charge in [-0.05, 0) is 42.5 Å². The molecule has 7 nitrogen and oxygen atoms in total. The third kappa shape index (κ3) is 5.54. The monoisotopic (exact) mass is 434 g/mol. The maximum absolute atomic E-state index is 12.7. The van der Waals surface area contributed by atoms with Gasteiger partial charge in [-0.2, -0.15) is 13.2 Å². The summed E-state index contributed by atoms with van der Waals surface area (Å²) >= 11 is 1.07. The summed E-state index contributed by atoms with van der Waals surface area (Å²) in [5, 5.41) is 21.6. The van der Waals surface area contributed by atoms with Gasteiger partial charge < -0.3 is 5.32 Å². The first kappa shape index (κ1) is 21.2. The summed E-state index contributed by atoms with van der Waals surface area (Å²) in [6.45, 7) is 0. The summed E-state index contributed by atoms with van der Waals surface area (Å²) in [6.07, 6.45) is -4.49. The van der Waals surface area contributed by atoms with Gasteiger partial charge in [0, 0.05) is 23.4 Å². The van der Waals surface area contributed by atoms with E-state index < -0.39 is 22.6 Å². The van der Waals surface area contributed by atoms with Crippen molar-refractivity contribution in [2.24, 2.45) is 0 Å². The Morgan fingerprint density at radius 3 is 2.40 bits per heavy atom. The molecule has 0 saturated heterocycles. The number of amides is 1. The number of rotatable bonds is 6. The van der Waals surface area contributed by atoms with Gasteiger partial charge >= 0.3 is 6.18 Å². The van der Waals surface area contributed by atoms with E-state index in [2.05, 4.69) is 15.5 Å². The highest BCUT2D eigenvalue weighted by molar-refractivity contribution is 7.99. The number of nitrogens with one attached hydrogen (secondary N) is 1. The summed E-state index contributed by atoms with van der Waals surface area (Å²) in [6, 6.07) is 13.5. The number of halogens is 3. The smallest absolute Gasteiger partial charge is 0.325 e. The van der Waals surface area contributed by atoms with Gasteiger partial charge in [0.05, 0.1) is 21.9 Å². The lowest BCUT2D eigenvalue weighted by molar-refractivity contribution is -0.384. The van der Waals surface area contributed by atoms with E-state index in [9.17, 15) is 28.1 Å². The number of alkyl halides is 3. The van der Waals surface area contributed by atoms with Crippen LogP contribution in [0.25, 0.3) is 11.3 Å². The van der Waals surface area contributed by atoms with Gasteiger partial charge in [0.15, 0.2) is 0 Å². The number of carbonyl (C=O) groups is 1. The topological polar surface area (TPSA) is 98.0 Å². The Bertz CT molecular complexity index is 1060. The summed E-state index contributed by atoms with van der Waals surface area (Å²) in [5.74, 6) is -0.553. The number of benzene rings is 2. The highest BCUT2D eigenvalue weighted by Gasteiger charge is 2.30. The molecule has 30 heavy (non-hydrogen) atoms. The average molecular weight is 434 g/mol. The molecule has 1 heterocycles. The normalized spacial score (nSPS) is 11.2. The lowest BCUT2D eigenvalue weighted by atomic mass is 10.1. The van der Waals surface area contributed by atoms with Gasteiger partial charge in [0.1, 0.15) is 5.03 Å². The Labute approximate surface area is 172 Å². The van der Waals surface area contributed by atoms with Gasteiger partial charge in [-0.15, -0.1) is 10.2 Å². The van der Waals surface area contributed by atoms with Gasteiger partial charge in [-0.3, -0.25) is 14.9 Å². The molecule has 0 spiro atoms. The Morgan fingerprint density at radius 2 is 1.80 bits per heavy atom. The van der Waals surface area contributed by atoms with Crippen molar-refractivity contribution >= 4 is 29.0 Å². The summed E-state index contributed by atoms with van der Waals surface area (Å²) in [4.78, 5) is 22.2. The van der Waals surface area contributed by atoms with Crippen LogP contribution in [0.5, 0.6) is 0 Å².